The lowest BCUT2D eigenvalue weighted by Gasteiger charge is -2.10. The number of nitrogens with zero attached hydrogens (tertiary/aromatic N) is 1. The molecular weight excluding hydrogens is 283 g/mol. The van der Waals surface area contributed by atoms with E-state index in [9.17, 15) is 9.18 Å². The molecule has 0 unspecified atom stereocenters. The normalized spacial score (nSPS) is 10.9. The van der Waals surface area contributed by atoms with Crippen LogP contribution in [0.15, 0.2) is 30.3 Å². The Balaban J connectivity index is 2.19. The van der Waals surface area contributed by atoms with Crippen molar-refractivity contribution < 1.29 is 13.9 Å². The zero-order valence-corrected chi connectivity index (χ0v) is 13.1. The third-order valence-corrected chi connectivity index (χ3v) is 3.58. The minimum absolute atomic E-state index is 0.0394. The molecule has 0 amide bonds. The van der Waals surface area contributed by atoms with Gasteiger partial charge in [0.2, 0.25) is 0 Å². The van der Waals surface area contributed by atoms with Crippen LogP contribution in [0.5, 0.6) is 0 Å². The summed E-state index contributed by atoms with van der Waals surface area (Å²) in [4.78, 5) is 12.3. The van der Waals surface area contributed by atoms with Crippen molar-refractivity contribution in [1.29, 1.82) is 0 Å². The molecule has 1 aromatic carbocycles. The summed E-state index contributed by atoms with van der Waals surface area (Å²) in [5.74, 6) is -0.234. The van der Waals surface area contributed by atoms with Crippen LogP contribution in [0.2, 0.25) is 0 Å². The van der Waals surface area contributed by atoms with E-state index in [1.165, 1.54) is 12.1 Å². The number of rotatable bonds is 7. The van der Waals surface area contributed by atoms with Crippen molar-refractivity contribution in [2.24, 2.45) is 0 Å². The van der Waals surface area contributed by atoms with Crippen molar-refractivity contribution in [2.45, 2.75) is 13.8 Å². The smallest absolute Gasteiger partial charge is 0.178 e. The highest BCUT2D eigenvalue weighted by molar-refractivity contribution is 5.99. The summed E-state index contributed by atoms with van der Waals surface area (Å²) in [6.07, 6.45) is 0. The zero-order valence-electron chi connectivity index (χ0n) is 13.1. The third kappa shape index (κ3) is 3.61. The molecule has 5 heteroatoms. The summed E-state index contributed by atoms with van der Waals surface area (Å²) in [6.45, 7) is 5.32. The molecule has 0 aliphatic heterocycles. The Morgan fingerprint density at radius 3 is 2.59 bits per heavy atom. The third-order valence-electron chi connectivity index (χ3n) is 3.58. The minimum Gasteiger partial charge on any atom is -0.383 e. The van der Waals surface area contributed by atoms with Crippen molar-refractivity contribution in [2.75, 3.05) is 26.8 Å². The van der Waals surface area contributed by atoms with Gasteiger partial charge in [-0.3, -0.25) is 4.79 Å². The molecule has 4 nitrogen and oxygen atoms in total. The molecule has 2 rings (SSSR count). The van der Waals surface area contributed by atoms with E-state index < -0.39 is 0 Å². The van der Waals surface area contributed by atoms with Crippen LogP contribution < -0.4 is 5.32 Å². The first kappa shape index (κ1) is 16.4. The maximum absolute atomic E-state index is 13.1. The second-order valence-electron chi connectivity index (χ2n) is 5.19. The van der Waals surface area contributed by atoms with Crippen LogP contribution in [0.1, 0.15) is 21.7 Å². The first-order valence-electron chi connectivity index (χ1n) is 7.22. The highest BCUT2D eigenvalue weighted by Gasteiger charge is 2.16. The molecule has 0 saturated carbocycles. The van der Waals surface area contributed by atoms with Gasteiger partial charge in [0.25, 0.3) is 0 Å². The quantitative estimate of drug-likeness (QED) is 0.632. The van der Waals surface area contributed by atoms with Gasteiger partial charge >= 0.3 is 0 Å². The Kier molecular flexibility index (Phi) is 5.46. The van der Waals surface area contributed by atoms with Gasteiger partial charge in [0.1, 0.15) is 5.82 Å². The standard InChI is InChI=1S/C17H21FN2O2/c1-12-10-16(17(21)11-19-8-9-22-3)13(2)20(12)15-6-4-14(18)5-7-15/h4-7,10,19H,8-9,11H2,1-3H3. The number of Topliss-reactive ketones (excluding diaryl/α,β-unsaturated/α-hetero) is 1. The summed E-state index contributed by atoms with van der Waals surface area (Å²) in [6, 6.07) is 8.13. The van der Waals surface area contributed by atoms with E-state index in [0.29, 0.717) is 18.7 Å². The number of methoxy groups -OCH3 is 1. The lowest BCUT2D eigenvalue weighted by Crippen LogP contribution is -2.26. The van der Waals surface area contributed by atoms with E-state index in [0.717, 1.165) is 17.1 Å². The minimum atomic E-state index is -0.273. The fourth-order valence-corrected chi connectivity index (χ4v) is 2.50. The average molecular weight is 304 g/mol. The molecule has 1 N–H and O–H groups in total. The van der Waals surface area contributed by atoms with Crippen LogP contribution in [-0.2, 0) is 4.74 Å². The van der Waals surface area contributed by atoms with Crippen molar-refractivity contribution in [3.63, 3.8) is 0 Å². The van der Waals surface area contributed by atoms with Gasteiger partial charge in [-0.25, -0.2) is 4.39 Å². The van der Waals surface area contributed by atoms with Crippen LogP contribution >= 0.6 is 0 Å². The van der Waals surface area contributed by atoms with E-state index >= 15 is 0 Å². The first-order chi connectivity index (χ1) is 10.5. The van der Waals surface area contributed by atoms with Crippen LogP contribution in [0, 0.1) is 19.7 Å². The number of hydrogen-bond donors (Lipinski definition) is 1. The monoisotopic (exact) mass is 304 g/mol. The molecule has 0 atom stereocenters. The molecule has 0 radical (unpaired) electrons. The van der Waals surface area contributed by atoms with Crippen LogP contribution in [0.25, 0.3) is 5.69 Å². The summed E-state index contributed by atoms with van der Waals surface area (Å²) in [7, 11) is 1.62. The molecule has 2 aromatic rings. The number of ketones is 1. The van der Waals surface area contributed by atoms with Crippen molar-refractivity contribution >= 4 is 5.78 Å². The Morgan fingerprint density at radius 2 is 1.95 bits per heavy atom. The van der Waals surface area contributed by atoms with Crippen LogP contribution in [-0.4, -0.2) is 37.2 Å². The highest BCUT2D eigenvalue weighted by Crippen LogP contribution is 2.21. The molecule has 0 fully saturated rings. The summed E-state index contributed by atoms with van der Waals surface area (Å²) in [5.41, 5.74) is 3.35. The van der Waals surface area contributed by atoms with Crippen LogP contribution in [0.4, 0.5) is 4.39 Å². The molecule has 118 valence electrons. The predicted octanol–water partition coefficient (Wildman–Crippen LogP) is 2.65. The number of halogens is 1. The van der Waals surface area contributed by atoms with E-state index in [2.05, 4.69) is 5.32 Å². The fraction of sp³-hybridized carbons (Fsp3) is 0.353. The molecule has 0 aliphatic carbocycles. The topological polar surface area (TPSA) is 43.3 Å². The Labute approximate surface area is 129 Å². The molecule has 1 heterocycles. The lowest BCUT2D eigenvalue weighted by molar-refractivity contribution is 0.0987. The largest absolute Gasteiger partial charge is 0.383 e. The van der Waals surface area contributed by atoms with Crippen LogP contribution in [0.3, 0.4) is 0 Å². The lowest BCUT2D eigenvalue weighted by atomic mass is 10.1. The van der Waals surface area contributed by atoms with Crippen molar-refractivity contribution in [3.8, 4) is 5.69 Å². The van der Waals surface area contributed by atoms with E-state index in [1.54, 1.807) is 19.2 Å². The Morgan fingerprint density at radius 1 is 1.27 bits per heavy atom. The van der Waals surface area contributed by atoms with Gasteiger partial charge in [-0.15, -0.1) is 0 Å². The summed E-state index contributed by atoms with van der Waals surface area (Å²) >= 11 is 0. The maximum Gasteiger partial charge on any atom is 0.178 e. The van der Waals surface area contributed by atoms with Gasteiger partial charge in [-0.1, -0.05) is 0 Å². The Bertz CT molecular complexity index is 647. The molecule has 0 aliphatic rings. The van der Waals surface area contributed by atoms with Gasteiger partial charge in [0, 0.05) is 36.3 Å². The predicted molar refractivity (Wildman–Crippen MR) is 84.3 cm³/mol. The summed E-state index contributed by atoms with van der Waals surface area (Å²) in [5, 5.41) is 3.05. The number of hydrogen-bond acceptors (Lipinski definition) is 3. The SMILES string of the molecule is COCCNCC(=O)c1cc(C)n(-c2ccc(F)cc2)c1C. The number of nitrogens with one attached hydrogen (secondary N) is 1. The zero-order chi connectivity index (χ0) is 16.1. The number of carbonyl (C=O) groups excluding carboxylic acids is 1. The number of aryl methyl sites for hydroxylation is 1. The highest BCUT2D eigenvalue weighted by atomic mass is 19.1. The summed E-state index contributed by atoms with van der Waals surface area (Å²) < 4.78 is 20.0. The number of carbonyl (C=O) groups is 1. The molecule has 0 spiro atoms. The van der Waals surface area contributed by atoms with E-state index in [1.807, 2.05) is 24.5 Å². The Hall–Kier alpha value is -1.98. The van der Waals surface area contributed by atoms with Gasteiger partial charge in [-0.05, 0) is 44.2 Å². The first-order valence-corrected chi connectivity index (χ1v) is 7.22. The van der Waals surface area contributed by atoms with Gasteiger partial charge in [-0.2, -0.15) is 0 Å². The van der Waals surface area contributed by atoms with Gasteiger partial charge in [0.15, 0.2) is 5.78 Å². The van der Waals surface area contributed by atoms with Gasteiger partial charge < -0.3 is 14.6 Å². The molecule has 1 aromatic heterocycles. The number of ether oxygens (including phenoxy) is 1. The maximum atomic E-state index is 13.1. The molecule has 0 bridgehead atoms. The number of aromatic nitrogens is 1. The van der Waals surface area contributed by atoms with Gasteiger partial charge in [0.05, 0.1) is 13.2 Å². The second kappa shape index (κ2) is 7.33. The average Bonchev–Trinajstić information content (AvgIpc) is 2.80. The van der Waals surface area contributed by atoms with E-state index in [-0.39, 0.29) is 18.1 Å². The number of benzene rings is 1. The second-order valence-corrected chi connectivity index (χ2v) is 5.19. The van der Waals surface area contributed by atoms with E-state index in [4.69, 9.17) is 4.74 Å². The van der Waals surface area contributed by atoms with Crippen molar-refractivity contribution in [1.82, 2.24) is 9.88 Å². The fourth-order valence-electron chi connectivity index (χ4n) is 2.50. The van der Waals surface area contributed by atoms with Crippen molar-refractivity contribution in [3.05, 3.63) is 53.1 Å². The molecular formula is C17H21FN2O2. The molecule has 0 saturated heterocycles. The molecule has 22 heavy (non-hydrogen) atoms.